The van der Waals surface area contributed by atoms with Crippen LogP contribution in [0.4, 0.5) is 10.6 Å². The van der Waals surface area contributed by atoms with E-state index in [1.807, 2.05) is 24.3 Å². The molecule has 0 saturated carbocycles. The summed E-state index contributed by atoms with van der Waals surface area (Å²) in [4.78, 5) is 25.4. The Labute approximate surface area is 167 Å². The van der Waals surface area contributed by atoms with Crippen molar-refractivity contribution >= 4 is 29.4 Å². The van der Waals surface area contributed by atoms with E-state index in [1.165, 1.54) is 17.7 Å². The van der Waals surface area contributed by atoms with Crippen LogP contribution < -0.4 is 10.6 Å². The van der Waals surface area contributed by atoms with Crippen molar-refractivity contribution in [1.82, 2.24) is 5.16 Å². The lowest BCUT2D eigenvalue weighted by Gasteiger charge is -2.18. The van der Waals surface area contributed by atoms with Gasteiger partial charge in [-0.2, -0.15) is 0 Å². The highest BCUT2D eigenvalue weighted by Gasteiger charge is 2.27. The van der Waals surface area contributed by atoms with Crippen molar-refractivity contribution in [2.24, 2.45) is 5.73 Å². The van der Waals surface area contributed by atoms with E-state index < -0.39 is 11.9 Å². The molecule has 0 unspecified atom stereocenters. The van der Waals surface area contributed by atoms with Gasteiger partial charge in [0.2, 0.25) is 0 Å². The minimum absolute atomic E-state index is 0.00711. The first-order valence-electron chi connectivity index (χ1n) is 8.64. The molecule has 0 saturated heterocycles. The molecule has 0 bridgehead atoms. The average molecular weight is 398 g/mol. The van der Waals surface area contributed by atoms with Crippen molar-refractivity contribution in [3.05, 3.63) is 70.7 Å². The van der Waals surface area contributed by atoms with E-state index in [0.717, 1.165) is 10.5 Å². The first-order valence-corrected chi connectivity index (χ1v) is 9.02. The van der Waals surface area contributed by atoms with Gasteiger partial charge in [0.15, 0.2) is 11.6 Å². The molecule has 0 spiro atoms. The van der Waals surface area contributed by atoms with Gasteiger partial charge in [0, 0.05) is 11.6 Å². The van der Waals surface area contributed by atoms with Gasteiger partial charge in [-0.05, 0) is 23.1 Å². The number of benzene rings is 2. The van der Waals surface area contributed by atoms with Crippen molar-refractivity contribution in [2.75, 3.05) is 4.90 Å². The summed E-state index contributed by atoms with van der Waals surface area (Å²) in [6, 6.07) is 14.7. The minimum atomic E-state index is -0.979. The van der Waals surface area contributed by atoms with Crippen molar-refractivity contribution < 1.29 is 14.1 Å². The fourth-order valence-corrected chi connectivity index (χ4v) is 2.93. The fraction of sp³-hybridized carbons (Fsp3) is 0.190. The Morgan fingerprint density at radius 1 is 1.07 bits per heavy atom. The van der Waals surface area contributed by atoms with Gasteiger partial charge >= 0.3 is 6.03 Å². The predicted octanol–water partition coefficient (Wildman–Crippen LogP) is 5.02. The molecule has 3 rings (SSSR count). The Hall–Kier alpha value is -3.12. The predicted molar refractivity (Wildman–Crippen MR) is 108 cm³/mol. The van der Waals surface area contributed by atoms with E-state index in [2.05, 4.69) is 25.9 Å². The third-order valence-corrected chi connectivity index (χ3v) is 4.62. The van der Waals surface area contributed by atoms with Gasteiger partial charge in [-0.15, -0.1) is 0 Å². The van der Waals surface area contributed by atoms with E-state index in [9.17, 15) is 9.59 Å². The number of halogens is 1. The number of carbonyl (C=O) groups is 2. The molecule has 7 heteroatoms. The lowest BCUT2D eigenvalue weighted by molar-refractivity contribution is 0.0994. The van der Waals surface area contributed by atoms with Gasteiger partial charge in [-0.25, -0.2) is 9.69 Å². The Morgan fingerprint density at radius 3 is 2.29 bits per heavy atom. The second kappa shape index (κ2) is 7.48. The van der Waals surface area contributed by atoms with Gasteiger partial charge in [-0.1, -0.05) is 73.9 Å². The molecule has 1 heterocycles. The lowest BCUT2D eigenvalue weighted by Crippen LogP contribution is -2.41. The molecule has 1 aromatic heterocycles. The van der Waals surface area contributed by atoms with Crippen molar-refractivity contribution in [3.8, 4) is 11.3 Å². The Kier molecular flexibility index (Phi) is 5.25. The molecule has 0 aliphatic heterocycles. The number of urea groups is 1. The van der Waals surface area contributed by atoms with Gasteiger partial charge in [0.05, 0.1) is 10.6 Å². The third kappa shape index (κ3) is 3.92. The minimum Gasteiger partial charge on any atom is -0.354 e. The summed E-state index contributed by atoms with van der Waals surface area (Å²) in [6.07, 6.45) is 0. The van der Waals surface area contributed by atoms with Crippen LogP contribution in [-0.4, -0.2) is 17.1 Å². The average Bonchev–Trinajstić information content (AvgIpc) is 3.10. The number of amides is 3. The van der Waals surface area contributed by atoms with Crippen LogP contribution in [0, 0.1) is 0 Å². The molecule has 0 aliphatic rings. The summed E-state index contributed by atoms with van der Waals surface area (Å²) in [6.45, 7) is 6.37. The first-order chi connectivity index (χ1) is 13.2. The highest BCUT2D eigenvalue weighted by atomic mass is 35.5. The Morgan fingerprint density at radius 2 is 1.71 bits per heavy atom. The van der Waals surface area contributed by atoms with Crippen LogP contribution in [0.5, 0.6) is 0 Å². The second-order valence-electron chi connectivity index (χ2n) is 7.34. The lowest BCUT2D eigenvalue weighted by atomic mass is 9.86. The zero-order valence-electron chi connectivity index (χ0n) is 15.8. The number of aromatic nitrogens is 1. The summed E-state index contributed by atoms with van der Waals surface area (Å²) in [5, 5.41) is 4.06. The van der Waals surface area contributed by atoms with Crippen LogP contribution in [0.1, 0.15) is 36.7 Å². The number of hydrogen-bond donors (Lipinski definition) is 1. The molecule has 3 amide bonds. The number of primary amides is 1. The number of nitrogens with zero attached hydrogens (tertiary/aromatic N) is 2. The van der Waals surface area contributed by atoms with Gasteiger partial charge < -0.3 is 10.3 Å². The van der Waals surface area contributed by atoms with Crippen molar-refractivity contribution in [3.63, 3.8) is 0 Å². The molecule has 0 radical (unpaired) electrons. The zero-order valence-corrected chi connectivity index (χ0v) is 16.5. The molecular formula is C21H20ClN3O3. The van der Waals surface area contributed by atoms with Gasteiger partial charge in [0.1, 0.15) is 0 Å². The first kappa shape index (κ1) is 19.6. The molecule has 3 aromatic rings. The van der Waals surface area contributed by atoms with E-state index in [-0.39, 0.29) is 21.8 Å². The normalized spacial score (nSPS) is 11.3. The summed E-state index contributed by atoms with van der Waals surface area (Å²) in [7, 11) is 0. The maximum atomic E-state index is 12.8. The second-order valence-corrected chi connectivity index (χ2v) is 7.74. The molecule has 2 aromatic carbocycles. The number of carbonyl (C=O) groups excluding carboxylic acids is 2. The van der Waals surface area contributed by atoms with Crippen LogP contribution in [0.25, 0.3) is 11.3 Å². The Bertz CT molecular complexity index is 1020. The summed E-state index contributed by atoms with van der Waals surface area (Å²) >= 11 is 6.06. The maximum Gasteiger partial charge on any atom is 0.327 e. The van der Waals surface area contributed by atoms with Crippen LogP contribution in [0.3, 0.4) is 0 Å². The van der Waals surface area contributed by atoms with Gasteiger partial charge in [0.25, 0.3) is 5.91 Å². The molecule has 28 heavy (non-hydrogen) atoms. The van der Waals surface area contributed by atoms with Crippen LogP contribution in [0.2, 0.25) is 5.02 Å². The van der Waals surface area contributed by atoms with Crippen LogP contribution in [-0.2, 0) is 5.41 Å². The van der Waals surface area contributed by atoms with Gasteiger partial charge in [-0.3, -0.25) is 4.79 Å². The van der Waals surface area contributed by atoms with E-state index in [1.54, 1.807) is 18.2 Å². The summed E-state index contributed by atoms with van der Waals surface area (Å²) in [5.74, 6) is -0.276. The quantitative estimate of drug-likeness (QED) is 0.672. The third-order valence-electron chi connectivity index (χ3n) is 4.29. The molecule has 0 atom stereocenters. The number of hydrogen-bond acceptors (Lipinski definition) is 4. The van der Waals surface area contributed by atoms with Crippen LogP contribution >= 0.6 is 11.6 Å². The molecule has 2 N–H and O–H groups in total. The molecule has 6 nitrogen and oxygen atoms in total. The maximum absolute atomic E-state index is 12.8. The highest BCUT2D eigenvalue weighted by molar-refractivity contribution is 6.35. The monoisotopic (exact) mass is 397 g/mol. The Balaban J connectivity index is 1.93. The number of rotatable bonds is 3. The standard InChI is InChI=1S/C21H20ClN3O3/c1-21(2,3)14-10-8-13(9-11-14)17-12-18(24-28-17)25(20(23)27)19(26)15-6-4-5-7-16(15)22/h4-12H,1-3H3,(H2,23,27). The molecule has 0 aliphatic carbocycles. The summed E-state index contributed by atoms with van der Waals surface area (Å²) < 4.78 is 5.34. The summed E-state index contributed by atoms with van der Waals surface area (Å²) in [5.41, 5.74) is 7.51. The molecule has 144 valence electrons. The topological polar surface area (TPSA) is 89.4 Å². The number of nitrogens with two attached hydrogens (primary N) is 1. The number of imide groups is 1. The SMILES string of the molecule is CC(C)(C)c1ccc(-c2cc(N(C(N)=O)C(=O)c3ccccc3Cl)no2)cc1. The smallest absolute Gasteiger partial charge is 0.327 e. The van der Waals surface area contributed by atoms with E-state index in [4.69, 9.17) is 21.9 Å². The van der Waals surface area contributed by atoms with Crippen molar-refractivity contribution in [2.45, 2.75) is 26.2 Å². The molecule has 0 fully saturated rings. The van der Waals surface area contributed by atoms with Crippen molar-refractivity contribution in [1.29, 1.82) is 0 Å². The highest BCUT2D eigenvalue weighted by Crippen LogP contribution is 2.29. The molecular weight excluding hydrogens is 378 g/mol. The van der Waals surface area contributed by atoms with Crippen LogP contribution in [0.15, 0.2) is 59.1 Å². The zero-order chi connectivity index (χ0) is 20.5. The number of anilines is 1. The van der Waals surface area contributed by atoms with E-state index in [0.29, 0.717) is 5.76 Å². The van der Waals surface area contributed by atoms with E-state index >= 15 is 0 Å². The largest absolute Gasteiger partial charge is 0.354 e. The fourth-order valence-electron chi connectivity index (χ4n) is 2.71.